The zero-order valence-corrected chi connectivity index (χ0v) is 16.3. The second kappa shape index (κ2) is 7.29. The molecule has 0 radical (unpaired) electrons. The molecule has 3 heterocycles. The first-order valence-corrected chi connectivity index (χ1v) is 10.2. The normalized spacial score (nSPS) is 14.6. The molecule has 0 unspecified atom stereocenters. The zero-order chi connectivity index (χ0) is 18.1. The third-order valence-corrected chi connectivity index (χ3v) is 5.64. The molecular weight excluding hydrogens is 344 g/mol. The summed E-state index contributed by atoms with van der Waals surface area (Å²) in [6.07, 6.45) is 7.29. The maximum atomic E-state index is 5.44. The van der Waals surface area contributed by atoms with Crippen molar-refractivity contribution in [2.75, 3.05) is 19.9 Å². The second-order valence-corrected chi connectivity index (χ2v) is 7.39. The molecular formula is C20H24N4OS. The van der Waals surface area contributed by atoms with Crippen LogP contribution in [0.3, 0.4) is 0 Å². The number of hydrogen-bond donors (Lipinski definition) is 0. The number of thioether (sulfide) groups is 1. The average molecular weight is 369 g/mol. The number of aromatic nitrogens is 3. The maximum absolute atomic E-state index is 5.44. The van der Waals surface area contributed by atoms with Gasteiger partial charge in [-0.15, -0.1) is 0 Å². The largest absolute Gasteiger partial charge is 0.497 e. The topological polar surface area (TPSA) is 43.2 Å². The van der Waals surface area contributed by atoms with Crippen molar-refractivity contribution in [1.29, 1.82) is 0 Å². The quantitative estimate of drug-likeness (QED) is 0.507. The molecule has 3 aromatic rings. The average Bonchev–Trinajstić information content (AvgIpc) is 3.04. The predicted molar refractivity (Wildman–Crippen MR) is 106 cm³/mol. The van der Waals surface area contributed by atoms with Gasteiger partial charge in [0.25, 0.3) is 0 Å². The fourth-order valence-corrected chi connectivity index (χ4v) is 4.05. The molecule has 0 fully saturated rings. The van der Waals surface area contributed by atoms with Gasteiger partial charge < -0.3 is 9.30 Å². The van der Waals surface area contributed by atoms with Crippen molar-refractivity contribution in [3.63, 3.8) is 0 Å². The van der Waals surface area contributed by atoms with Crippen molar-refractivity contribution in [2.45, 2.75) is 38.1 Å². The van der Waals surface area contributed by atoms with Crippen LogP contribution in [0.5, 0.6) is 5.75 Å². The van der Waals surface area contributed by atoms with Crippen molar-refractivity contribution in [3.8, 4) is 5.75 Å². The molecule has 6 heteroatoms. The van der Waals surface area contributed by atoms with Crippen LogP contribution in [0.4, 0.5) is 0 Å². The Bertz CT molecular complexity index is 937. The fraction of sp³-hybridized carbons (Fsp3) is 0.400. The summed E-state index contributed by atoms with van der Waals surface area (Å²) in [5.74, 6) is 0.912. The Kier molecular flexibility index (Phi) is 4.87. The summed E-state index contributed by atoms with van der Waals surface area (Å²) >= 11 is 1.60. The van der Waals surface area contributed by atoms with Gasteiger partial charge in [0, 0.05) is 61.5 Å². The highest BCUT2D eigenvalue weighted by Gasteiger charge is 2.20. The molecule has 0 bridgehead atoms. The van der Waals surface area contributed by atoms with Crippen molar-refractivity contribution in [1.82, 2.24) is 19.4 Å². The van der Waals surface area contributed by atoms with Gasteiger partial charge in [0.05, 0.1) is 12.8 Å². The lowest BCUT2D eigenvalue weighted by molar-refractivity contribution is 0.243. The standard InChI is InChI=1S/C20H24N4OS/c1-4-24-13-15(17-9-16(25-2)5-6-19(17)24)12-23-8-7-18-14(11-23)10-21-20(22-18)26-3/h5-6,9-10,13H,4,7-8,11-12H2,1-3H3. The monoisotopic (exact) mass is 368 g/mol. The summed E-state index contributed by atoms with van der Waals surface area (Å²) in [4.78, 5) is 11.6. The van der Waals surface area contributed by atoms with Crippen molar-refractivity contribution in [2.24, 2.45) is 0 Å². The molecule has 136 valence electrons. The molecule has 0 atom stereocenters. The molecule has 4 rings (SSSR count). The van der Waals surface area contributed by atoms with E-state index in [4.69, 9.17) is 4.74 Å². The number of fused-ring (bicyclic) bond motifs is 2. The van der Waals surface area contributed by atoms with E-state index >= 15 is 0 Å². The number of aryl methyl sites for hydroxylation is 1. The minimum Gasteiger partial charge on any atom is -0.497 e. The lowest BCUT2D eigenvalue weighted by Crippen LogP contribution is -2.30. The number of methoxy groups -OCH3 is 1. The molecule has 2 aromatic heterocycles. The summed E-state index contributed by atoms with van der Waals surface area (Å²) in [5, 5.41) is 2.15. The number of rotatable bonds is 5. The minimum absolute atomic E-state index is 0.871. The van der Waals surface area contributed by atoms with Crippen LogP contribution in [0.2, 0.25) is 0 Å². The molecule has 5 nitrogen and oxygen atoms in total. The Morgan fingerprint density at radius 1 is 1.31 bits per heavy atom. The van der Waals surface area contributed by atoms with Crippen LogP contribution in [0.15, 0.2) is 35.7 Å². The van der Waals surface area contributed by atoms with E-state index in [0.29, 0.717) is 0 Å². The fourth-order valence-electron chi connectivity index (χ4n) is 3.70. The van der Waals surface area contributed by atoms with Crippen molar-refractivity contribution in [3.05, 3.63) is 47.4 Å². The van der Waals surface area contributed by atoms with Gasteiger partial charge in [-0.2, -0.15) is 0 Å². The van der Waals surface area contributed by atoms with Gasteiger partial charge in [0.2, 0.25) is 0 Å². The first-order chi connectivity index (χ1) is 12.7. The van der Waals surface area contributed by atoms with Crippen LogP contribution in [0.25, 0.3) is 10.9 Å². The highest BCUT2D eigenvalue weighted by Crippen LogP contribution is 2.28. The van der Waals surface area contributed by atoms with Crippen LogP contribution < -0.4 is 4.74 Å². The Morgan fingerprint density at radius 2 is 2.19 bits per heavy atom. The van der Waals surface area contributed by atoms with E-state index in [1.165, 1.54) is 27.7 Å². The molecule has 1 aromatic carbocycles. The molecule has 0 saturated heterocycles. The number of ether oxygens (including phenoxy) is 1. The smallest absolute Gasteiger partial charge is 0.187 e. The van der Waals surface area contributed by atoms with Gasteiger partial charge in [-0.3, -0.25) is 4.90 Å². The molecule has 26 heavy (non-hydrogen) atoms. The Balaban J connectivity index is 1.61. The molecule has 0 amide bonds. The van der Waals surface area contributed by atoms with Gasteiger partial charge in [-0.05, 0) is 36.9 Å². The lowest BCUT2D eigenvalue weighted by atomic mass is 10.1. The van der Waals surface area contributed by atoms with E-state index in [1.807, 2.05) is 18.5 Å². The molecule has 0 spiro atoms. The summed E-state index contributed by atoms with van der Waals surface area (Å²) in [6.45, 7) is 6.02. The molecule has 0 saturated carbocycles. The Hall–Kier alpha value is -2.05. The SMILES string of the molecule is CCn1cc(CN2CCc3nc(SC)ncc3C2)c2cc(OC)ccc21. The molecule has 0 N–H and O–H groups in total. The highest BCUT2D eigenvalue weighted by molar-refractivity contribution is 7.98. The van der Waals surface area contributed by atoms with E-state index < -0.39 is 0 Å². The summed E-state index contributed by atoms with van der Waals surface area (Å²) in [6, 6.07) is 6.35. The van der Waals surface area contributed by atoms with E-state index in [2.05, 4.69) is 44.7 Å². The molecule has 0 aliphatic carbocycles. The minimum atomic E-state index is 0.871. The third-order valence-electron chi connectivity index (χ3n) is 5.08. The second-order valence-electron chi connectivity index (χ2n) is 6.61. The highest BCUT2D eigenvalue weighted by atomic mass is 32.2. The van der Waals surface area contributed by atoms with Crippen LogP contribution >= 0.6 is 11.8 Å². The molecule has 1 aliphatic heterocycles. The van der Waals surface area contributed by atoms with Crippen molar-refractivity contribution < 1.29 is 4.74 Å². The van der Waals surface area contributed by atoms with E-state index in [0.717, 1.165) is 43.5 Å². The first-order valence-electron chi connectivity index (χ1n) is 8.98. The van der Waals surface area contributed by atoms with E-state index in [9.17, 15) is 0 Å². The number of hydrogen-bond acceptors (Lipinski definition) is 5. The van der Waals surface area contributed by atoms with Gasteiger partial charge in [-0.25, -0.2) is 9.97 Å². The van der Waals surface area contributed by atoms with Crippen LogP contribution in [-0.4, -0.2) is 39.3 Å². The van der Waals surface area contributed by atoms with Gasteiger partial charge >= 0.3 is 0 Å². The first kappa shape index (κ1) is 17.4. The number of benzene rings is 1. The predicted octanol–water partition coefficient (Wildman–Crippen LogP) is 3.74. The lowest BCUT2D eigenvalue weighted by Gasteiger charge is -2.27. The van der Waals surface area contributed by atoms with Crippen LogP contribution in [-0.2, 0) is 26.1 Å². The summed E-state index contributed by atoms with van der Waals surface area (Å²) in [5.41, 5.74) is 5.09. The molecule has 1 aliphatic rings. The van der Waals surface area contributed by atoms with E-state index in [1.54, 1.807) is 18.9 Å². The van der Waals surface area contributed by atoms with Gasteiger partial charge in [0.15, 0.2) is 5.16 Å². The Morgan fingerprint density at radius 3 is 2.96 bits per heavy atom. The third kappa shape index (κ3) is 3.19. The van der Waals surface area contributed by atoms with Crippen molar-refractivity contribution >= 4 is 22.7 Å². The Labute approximate surface area is 158 Å². The summed E-state index contributed by atoms with van der Waals surface area (Å²) < 4.78 is 7.75. The van der Waals surface area contributed by atoms with Gasteiger partial charge in [-0.1, -0.05) is 11.8 Å². The maximum Gasteiger partial charge on any atom is 0.187 e. The zero-order valence-electron chi connectivity index (χ0n) is 15.5. The van der Waals surface area contributed by atoms with E-state index in [-0.39, 0.29) is 0 Å². The van der Waals surface area contributed by atoms with Gasteiger partial charge in [0.1, 0.15) is 5.75 Å². The number of nitrogens with zero attached hydrogens (tertiary/aromatic N) is 4. The van der Waals surface area contributed by atoms with Crippen LogP contribution in [0, 0.1) is 0 Å². The van der Waals surface area contributed by atoms with Crippen LogP contribution in [0.1, 0.15) is 23.7 Å². The summed E-state index contributed by atoms with van der Waals surface area (Å²) in [7, 11) is 1.72.